The Morgan fingerprint density at radius 2 is 2.21 bits per heavy atom. The second kappa shape index (κ2) is 5.88. The highest BCUT2D eigenvalue weighted by Gasteiger charge is 2.29. The predicted octanol–water partition coefficient (Wildman–Crippen LogP) is 1.27. The highest BCUT2D eigenvalue weighted by molar-refractivity contribution is 7.98. The summed E-state index contributed by atoms with van der Waals surface area (Å²) >= 11 is 1.47. The molecule has 5 nitrogen and oxygen atoms in total. The van der Waals surface area contributed by atoms with E-state index in [9.17, 15) is 4.79 Å². The molecule has 1 fully saturated rings. The Labute approximate surface area is 117 Å². The third-order valence-electron chi connectivity index (χ3n) is 3.41. The second-order valence-electron chi connectivity index (χ2n) is 4.83. The summed E-state index contributed by atoms with van der Waals surface area (Å²) in [5, 5.41) is 9.90. The van der Waals surface area contributed by atoms with Crippen molar-refractivity contribution in [3.8, 4) is 0 Å². The molecule has 2 heterocycles. The second-order valence-corrected chi connectivity index (χ2v) is 5.62. The lowest BCUT2D eigenvalue weighted by Gasteiger charge is -2.18. The van der Waals surface area contributed by atoms with Gasteiger partial charge in [-0.25, -0.2) is 9.97 Å². The first-order valence-electron chi connectivity index (χ1n) is 6.36. The molecule has 0 spiro atoms. The van der Waals surface area contributed by atoms with Crippen molar-refractivity contribution in [2.75, 3.05) is 26.0 Å². The lowest BCUT2D eigenvalue weighted by Crippen LogP contribution is -2.30. The van der Waals surface area contributed by atoms with Crippen LogP contribution in [-0.4, -0.2) is 51.8 Å². The number of hydrogen-bond donors (Lipinski definition) is 1. The number of carbonyl (C=O) groups excluding carboxylic acids is 1. The fraction of sp³-hybridized carbons (Fsp3) is 0.615. The molecule has 6 heteroatoms. The quantitative estimate of drug-likeness (QED) is 0.667. The van der Waals surface area contributed by atoms with Gasteiger partial charge < -0.3 is 10.0 Å². The molecule has 0 saturated carbocycles. The van der Waals surface area contributed by atoms with Crippen LogP contribution in [-0.2, 0) is 0 Å². The average molecular weight is 281 g/mol. The zero-order valence-electron chi connectivity index (χ0n) is 11.5. The minimum absolute atomic E-state index is 0.0159. The van der Waals surface area contributed by atoms with Gasteiger partial charge in [0.2, 0.25) is 0 Å². The molecule has 1 amide bonds. The molecule has 1 aromatic rings. The van der Waals surface area contributed by atoms with Crippen molar-refractivity contribution in [1.82, 2.24) is 14.9 Å². The highest BCUT2D eigenvalue weighted by Crippen LogP contribution is 2.25. The standard InChI is InChI=1S/C13H19N3O2S/c1-8-11(12(19-3)15-9(2)14-8)13(18)16-5-4-10(6-16)7-17/h10,17H,4-7H2,1-3H3. The number of amides is 1. The van der Waals surface area contributed by atoms with Crippen LogP contribution in [0.5, 0.6) is 0 Å². The maximum atomic E-state index is 12.6. The van der Waals surface area contributed by atoms with E-state index in [2.05, 4.69) is 9.97 Å². The van der Waals surface area contributed by atoms with Gasteiger partial charge in [-0.3, -0.25) is 4.79 Å². The van der Waals surface area contributed by atoms with E-state index in [1.54, 1.807) is 4.90 Å². The number of aromatic nitrogens is 2. The maximum absolute atomic E-state index is 12.6. The molecule has 0 bridgehead atoms. The normalized spacial score (nSPS) is 18.9. The van der Waals surface area contributed by atoms with Gasteiger partial charge in [-0.15, -0.1) is 11.8 Å². The smallest absolute Gasteiger partial charge is 0.258 e. The van der Waals surface area contributed by atoms with Crippen LogP contribution in [0, 0.1) is 19.8 Å². The topological polar surface area (TPSA) is 66.3 Å². The van der Waals surface area contributed by atoms with E-state index in [1.807, 2.05) is 20.1 Å². The fourth-order valence-electron chi connectivity index (χ4n) is 2.40. The van der Waals surface area contributed by atoms with Crippen molar-refractivity contribution in [2.24, 2.45) is 5.92 Å². The Bertz CT molecular complexity index is 493. The number of rotatable bonds is 3. The number of likely N-dealkylation sites (tertiary alicyclic amines) is 1. The van der Waals surface area contributed by atoms with Gasteiger partial charge in [0.1, 0.15) is 10.9 Å². The predicted molar refractivity (Wildman–Crippen MR) is 74.4 cm³/mol. The molecule has 19 heavy (non-hydrogen) atoms. The monoisotopic (exact) mass is 281 g/mol. The van der Waals surface area contributed by atoms with Crippen LogP contribution in [0.2, 0.25) is 0 Å². The van der Waals surface area contributed by atoms with Crippen LogP contribution < -0.4 is 0 Å². The Morgan fingerprint density at radius 3 is 2.79 bits per heavy atom. The molecule has 1 aliphatic heterocycles. The summed E-state index contributed by atoms with van der Waals surface area (Å²) < 4.78 is 0. The molecule has 2 rings (SSSR count). The Hall–Kier alpha value is -1.14. The van der Waals surface area contributed by atoms with Gasteiger partial charge in [-0.05, 0) is 26.5 Å². The number of nitrogens with zero attached hydrogens (tertiary/aromatic N) is 3. The van der Waals surface area contributed by atoms with Crippen LogP contribution in [0.1, 0.15) is 28.3 Å². The summed E-state index contributed by atoms with van der Waals surface area (Å²) in [6.07, 6.45) is 2.78. The van der Waals surface area contributed by atoms with Crippen LogP contribution in [0.15, 0.2) is 5.03 Å². The third-order valence-corrected chi connectivity index (χ3v) is 4.09. The van der Waals surface area contributed by atoms with Gasteiger partial charge in [0.25, 0.3) is 5.91 Å². The molecule has 0 aromatic carbocycles. The Kier molecular flexibility index (Phi) is 4.42. The summed E-state index contributed by atoms with van der Waals surface area (Å²) in [5.74, 6) is 0.874. The van der Waals surface area contributed by atoms with Gasteiger partial charge in [-0.1, -0.05) is 0 Å². The van der Waals surface area contributed by atoms with Gasteiger partial charge in [-0.2, -0.15) is 0 Å². The van der Waals surface area contributed by atoms with Gasteiger partial charge in [0.15, 0.2) is 0 Å². The van der Waals surface area contributed by atoms with E-state index < -0.39 is 0 Å². The minimum Gasteiger partial charge on any atom is -0.396 e. The summed E-state index contributed by atoms with van der Waals surface area (Å²) in [4.78, 5) is 23.0. The first-order chi connectivity index (χ1) is 9.06. The van der Waals surface area contributed by atoms with E-state index >= 15 is 0 Å². The number of thioether (sulfide) groups is 1. The SMILES string of the molecule is CSc1nc(C)nc(C)c1C(=O)N1CCC(CO)C1. The fourth-order valence-corrected chi connectivity index (χ4v) is 3.06. The van der Waals surface area contributed by atoms with Crippen molar-refractivity contribution in [2.45, 2.75) is 25.3 Å². The van der Waals surface area contributed by atoms with Crippen molar-refractivity contribution in [3.63, 3.8) is 0 Å². The molecular formula is C13H19N3O2S. The maximum Gasteiger partial charge on any atom is 0.258 e. The molecule has 1 aliphatic rings. The number of aliphatic hydroxyl groups is 1. The third kappa shape index (κ3) is 2.90. The number of aliphatic hydroxyl groups excluding tert-OH is 1. The molecule has 1 N–H and O–H groups in total. The first kappa shape index (κ1) is 14.3. The van der Waals surface area contributed by atoms with E-state index in [0.717, 1.165) is 17.1 Å². The zero-order valence-corrected chi connectivity index (χ0v) is 12.3. The van der Waals surface area contributed by atoms with E-state index in [4.69, 9.17) is 5.11 Å². The van der Waals surface area contributed by atoms with Crippen LogP contribution in [0.3, 0.4) is 0 Å². The Morgan fingerprint density at radius 1 is 1.47 bits per heavy atom. The van der Waals surface area contributed by atoms with E-state index in [0.29, 0.717) is 24.5 Å². The van der Waals surface area contributed by atoms with Gasteiger partial charge in [0.05, 0.1) is 11.3 Å². The molecular weight excluding hydrogens is 262 g/mol. The summed E-state index contributed by atoms with van der Waals surface area (Å²) in [6, 6.07) is 0. The van der Waals surface area contributed by atoms with Crippen molar-refractivity contribution in [3.05, 3.63) is 17.1 Å². The minimum atomic E-state index is -0.0159. The van der Waals surface area contributed by atoms with Crippen molar-refractivity contribution < 1.29 is 9.90 Å². The summed E-state index contributed by atoms with van der Waals surface area (Å²) in [5.41, 5.74) is 1.34. The van der Waals surface area contributed by atoms with Gasteiger partial charge in [0, 0.05) is 25.6 Å². The highest BCUT2D eigenvalue weighted by atomic mass is 32.2. The molecule has 1 unspecified atom stereocenters. The van der Waals surface area contributed by atoms with Crippen LogP contribution in [0.4, 0.5) is 0 Å². The molecule has 104 valence electrons. The number of carbonyl (C=O) groups is 1. The van der Waals surface area contributed by atoms with Crippen molar-refractivity contribution >= 4 is 17.7 Å². The summed E-state index contributed by atoms with van der Waals surface area (Å²) in [7, 11) is 0. The molecule has 1 saturated heterocycles. The van der Waals surface area contributed by atoms with Crippen molar-refractivity contribution in [1.29, 1.82) is 0 Å². The molecule has 0 aliphatic carbocycles. The molecule has 0 radical (unpaired) electrons. The largest absolute Gasteiger partial charge is 0.396 e. The number of hydrogen-bond acceptors (Lipinski definition) is 5. The molecule has 1 atom stereocenters. The van der Waals surface area contributed by atoms with Crippen LogP contribution in [0.25, 0.3) is 0 Å². The number of aryl methyl sites for hydroxylation is 2. The molecule has 1 aromatic heterocycles. The Balaban J connectivity index is 2.29. The average Bonchev–Trinajstić information content (AvgIpc) is 2.85. The van der Waals surface area contributed by atoms with Crippen LogP contribution >= 0.6 is 11.8 Å². The zero-order chi connectivity index (χ0) is 14.0. The first-order valence-corrected chi connectivity index (χ1v) is 7.58. The van der Waals surface area contributed by atoms with E-state index in [1.165, 1.54) is 11.8 Å². The van der Waals surface area contributed by atoms with Gasteiger partial charge >= 0.3 is 0 Å². The van der Waals surface area contributed by atoms with E-state index in [-0.39, 0.29) is 18.4 Å². The summed E-state index contributed by atoms with van der Waals surface area (Å²) in [6.45, 7) is 5.14. The lowest BCUT2D eigenvalue weighted by atomic mass is 10.1. The lowest BCUT2D eigenvalue weighted by molar-refractivity contribution is 0.0776.